The van der Waals surface area contributed by atoms with Crippen molar-refractivity contribution in [3.05, 3.63) is 58.6 Å². The predicted octanol–water partition coefficient (Wildman–Crippen LogP) is 4.14. The van der Waals surface area contributed by atoms with Crippen molar-refractivity contribution in [2.75, 3.05) is 64.8 Å². The highest BCUT2D eigenvalue weighted by atomic mass is 35.5. The van der Waals surface area contributed by atoms with Crippen molar-refractivity contribution >= 4 is 37.5 Å². The highest BCUT2D eigenvalue weighted by Crippen LogP contribution is 2.27. The summed E-state index contributed by atoms with van der Waals surface area (Å²) in [4.78, 5) is 4.50. The van der Waals surface area contributed by atoms with Crippen LogP contribution in [0.3, 0.4) is 0 Å². The molecule has 1 atom stereocenters. The monoisotopic (exact) mass is 639 g/mol. The molecule has 0 amide bonds. The van der Waals surface area contributed by atoms with Crippen LogP contribution in [-0.4, -0.2) is 101 Å². The summed E-state index contributed by atoms with van der Waals surface area (Å²) < 4.78 is 60.5. The van der Waals surface area contributed by atoms with E-state index in [9.17, 15) is 16.8 Å². The van der Waals surface area contributed by atoms with Crippen LogP contribution in [0, 0.1) is 5.92 Å². The van der Waals surface area contributed by atoms with E-state index in [0.717, 1.165) is 29.9 Å². The van der Waals surface area contributed by atoms with Crippen LogP contribution in [-0.2, 0) is 33.2 Å². The number of hydrogen-bond acceptors (Lipinski definition) is 6. The van der Waals surface area contributed by atoms with Gasteiger partial charge >= 0.3 is 0 Å². The number of fused-ring (bicyclic) bond motifs is 1. The number of anilines is 1. The summed E-state index contributed by atoms with van der Waals surface area (Å²) in [5, 5.41) is 0.657. The Balaban J connectivity index is 1.59. The SMILES string of the molecule is CC(C)N1CCCN(S(=O)(=O)c2ccc(N(C)C)cc2)C[C@H](C)CN(S(=O)(=O)N2CCc3cc(Cl)ccc3C2)CCC1. The van der Waals surface area contributed by atoms with E-state index >= 15 is 0 Å². The fraction of sp³-hybridized carbons (Fsp3) is 0.600. The van der Waals surface area contributed by atoms with E-state index in [1.54, 1.807) is 31.1 Å². The van der Waals surface area contributed by atoms with E-state index in [0.29, 0.717) is 50.5 Å². The third-order valence-corrected chi connectivity index (χ3v) is 12.3. The quantitative estimate of drug-likeness (QED) is 0.473. The smallest absolute Gasteiger partial charge is 0.282 e. The molecule has 0 radical (unpaired) electrons. The van der Waals surface area contributed by atoms with Crippen LogP contribution in [0.4, 0.5) is 5.69 Å². The molecule has 2 aliphatic heterocycles. The van der Waals surface area contributed by atoms with Crippen molar-refractivity contribution in [2.24, 2.45) is 5.92 Å². The van der Waals surface area contributed by atoms with Crippen LogP contribution >= 0.6 is 11.6 Å². The standard InChI is InChI=1S/C30H46ClN5O4S2/c1-24(2)33-15-6-17-34(41(37,38)30-12-10-29(11-13-30)32(4)5)21-25(3)22-35(18-7-16-33)42(39,40)36-19-14-26-20-28(31)9-8-27(26)23-36/h8-13,20,24-25H,6-7,14-19,21-23H2,1-5H3/t25-/m0/s1. The molecule has 0 spiro atoms. The molecule has 0 unspecified atom stereocenters. The molecule has 2 aromatic rings. The molecule has 0 saturated carbocycles. The Bertz CT molecular complexity index is 1420. The van der Waals surface area contributed by atoms with E-state index in [1.165, 1.54) is 0 Å². The van der Waals surface area contributed by atoms with Crippen molar-refractivity contribution in [1.82, 2.24) is 17.8 Å². The van der Waals surface area contributed by atoms with Crippen LogP contribution in [0.25, 0.3) is 0 Å². The minimum absolute atomic E-state index is 0.202. The maximum Gasteiger partial charge on any atom is 0.282 e. The molecule has 12 heteroatoms. The van der Waals surface area contributed by atoms with Crippen molar-refractivity contribution in [1.29, 1.82) is 0 Å². The third-order valence-electron chi connectivity index (χ3n) is 8.26. The summed E-state index contributed by atoms with van der Waals surface area (Å²) in [6.45, 7) is 9.65. The lowest BCUT2D eigenvalue weighted by Gasteiger charge is -2.36. The first-order chi connectivity index (χ1) is 19.8. The molecule has 2 heterocycles. The topological polar surface area (TPSA) is 84.5 Å². The van der Waals surface area contributed by atoms with Gasteiger partial charge in [-0.2, -0.15) is 21.3 Å². The molecule has 1 saturated heterocycles. The molecule has 0 aliphatic carbocycles. The van der Waals surface area contributed by atoms with Gasteiger partial charge in [0.05, 0.1) is 4.90 Å². The average Bonchev–Trinajstić information content (AvgIpc) is 2.93. The zero-order chi connectivity index (χ0) is 30.7. The number of sulfonamides is 1. The van der Waals surface area contributed by atoms with Crippen molar-refractivity contribution in [3.63, 3.8) is 0 Å². The number of benzene rings is 2. The fourth-order valence-electron chi connectivity index (χ4n) is 5.81. The number of rotatable bonds is 6. The van der Waals surface area contributed by atoms with Gasteiger partial charge in [0.2, 0.25) is 10.0 Å². The Morgan fingerprint density at radius 1 is 0.810 bits per heavy atom. The van der Waals surface area contributed by atoms with Crippen molar-refractivity contribution in [3.8, 4) is 0 Å². The van der Waals surface area contributed by atoms with E-state index < -0.39 is 20.2 Å². The lowest BCUT2D eigenvalue weighted by atomic mass is 10.0. The predicted molar refractivity (Wildman–Crippen MR) is 171 cm³/mol. The second kappa shape index (κ2) is 13.9. The van der Waals surface area contributed by atoms with Gasteiger partial charge in [0.1, 0.15) is 0 Å². The van der Waals surface area contributed by atoms with Crippen molar-refractivity contribution < 1.29 is 16.8 Å². The zero-order valence-corrected chi connectivity index (χ0v) is 27.9. The van der Waals surface area contributed by atoms with Crippen LogP contribution < -0.4 is 4.90 Å². The molecule has 9 nitrogen and oxygen atoms in total. The summed E-state index contributed by atoms with van der Waals surface area (Å²) in [6, 6.07) is 12.8. The van der Waals surface area contributed by atoms with E-state index in [-0.39, 0.29) is 29.9 Å². The van der Waals surface area contributed by atoms with Crippen LogP contribution in [0.1, 0.15) is 44.7 Å². The first kappa shape index (κ1) is 33.2. The summed E-state index contributed by atoms with van der Waals surface area (Å²) in [5.74, 6) is -0.202. The van der Waals surface area contributed by atoms with Gasteiger partial charge in [0, 0.05) is 70.1 Å². The van der Waals surface area contributed by atoms with Crippen LogP contribution in [0.15, 0.2) is 47.4 Å². The van der Waals surface area contributed by atoms with Crippen molar-refractivity contribution in [2.45, 2.75) is 57.5 Å². The van der Waals surface area contributed by atoms with Gasteiger partial charge in [-0.3, -0.25) is 0 Å². The Morgan fingerprint density at radius 2 is 1.43 bits per heavy atom. The normalized spacial score (nSPS) is 21.5. The third kappa shape index (κ3) is 7.85. The second-order valence-electron chi connectivity index (χ2n) is 12.1. The average molecular weight is 640 g/mol. The van der Waals surface area contributed by atoms with E-state index in [2.05, 4.69) is 18.7 Å². The Morgan fingerprint density at radius 3 is 2.05 bits per heavy atom. The first-order valence-corrected chi connectivity index (χ1v) is 18.0. The maximum absolute atomic E-state index is 14.1. The van der Waals surface area contributed by atoms with E-state index in [1.807, 2.05) is 50.2 Å². The zero-order valence-electron chi connectivity index (χ0n) is 25.5. The van der Waals surface area contributed by atoms with Gasteiger partial charge in [-0.15, -0.1) is 0 Å². The Labute approximate surface area is 258 Å². The summed E-state index contributed by atoms with van der Waals surface area (Å²) in [6.07, 6.45) is 2.03. The lowest BCUT2D eigenvalue weighted by Crippen LogP contribution is -2.49. The molecule has 0 N–H and O–H groups in total. The Kier molecular flexibility index (Phi) is 11.0. The maximum atomic E-state index is 14.1. The van der Waals surface area contributed by atoms with Gasteiger partial charge in [0.15, 0.2) is 0 Å². The summed E-state index contributed by atoms with van der Waals surface area (Å²) >= 11 is 6.17. The molecule has 4 rings (SSSR count). The van der Waals surface area contributed by atoms with Gasteiger partial charge < -0.3 is 9.80 Å². The van der Waals surface area contributed by atoms with Crippen LogP contribution in [0.2, 0.25) is 5.02 Å². The number of halogens is 1. The Hall–Kier alpha value is -1.73. The minimum atomic E-state index is -3.77. The first-order valence-electron chi connectivity index (χ1n) is 14.8. The van der Waals surface area contributed by atoms with Crippen LogP contribution in [0.5, 0.6) is 0 Å². The lowest BCUT2D eigenvalue weighted by molar-refractivity contribution is 0.189. The largest absolute Gasteiger partial charge is 0.378 e. The highest BCUT2D eigenvalue weighted by Gasteiger charge is 2.35. The molecular weight excluding hydrogens is 594 g/mol. The molecule has 0 bridgehead atoms. The number of nitrogens with zero attached hydrogens (tertiary/aromatic N) is 5. The van der Waals surface area contributed by atoms with E-state index in [4.69, 9.17) is 11.6 Å². The number of hydrogen-bond donors (Lipinski definition) is 0. The fourth-order valence-corrected chi connectivity index (χ4v) is 9.36. The molecule has 2 aromatic carbocycles. The summed E-state index contributed by atoms with van der Waals surface area (Å²) in [7, 11) is -3.71. The molecular formula is C30H46ClN5O4S2. The minimum Gasteiger partial charge on any atom is -0.378 e. The second-order valence-corrected chi connectivity index (χ2v) is 16.4. The van der Waals surface area contributed by atoms with Gasteiger partial charge in [-0.05, 0) is 99.6 Å². The van der Waals surface area contributed by atoms with Gasteiger partial charge in [-0.1, -0.05) is 24.6 Å². The highest BCUT2D eigenvalue weighted by molar-refractivity contribution is 7.89. The molecule has 42 heavy (non-hydrogen) atoms. The van der Waals surface area contributed by atoms with Gasteiger partial charge in [-0.25, -0.2) is 8.42 Å². The molecule has 1 fully saturated rings. The molecule has 2 aliphatic rings. The molecule has 0 aromatic heterocycles. The molecule has 234 valence electrons. The summed E-state index contributed by atoms with van der Waals surface area (Å²) in [5.41, 5.74) is 2.98. The van der Waals surface area contributed by atoms with Gasteiger partial charge in [0.25, 0.3) is 10.2 Å².